The van der Waals surface area contributed by atoms with Crippen molar-refractivity contribution in [2.45, 2.75) is 38.1 Å². The molecule has 1 aromatic carbocycles. The summed E-state index contributed by atoms with van der Waals surface area (Å²) in [5, 5.41) is 15.6. The molecule has 0 amide bonds. The maximum atomic E-state index is 10.4. The number of thiocarbonyl (C=S) groups is 1. The van der Waals surface area contributed by atoms with E-state index in [2.05, 4.69) is 10.6 Å². The van der Waals surface area contributed by atoms with E-state index in [1.165, 1.54) is 32.1 Å². The summed E-state index contributed by atoms with van der Waals surface area (Å²) in [6.45, 7) is -0.339. The summed E-state index contributed by atoms with van der Waals surface area (Å²) in [6, 6.07) is 7.53. The molecule has 21 heavy (non-hydrogen) atoms. The predicted molar refractivity (Wildman–Crippen MR) is 85.8 cm³/mol. The van der Waals surface area contributed by atoms with Gasteiger partial charge in [0.25, 0.3) is 0 Å². The Bertz CT molecular complexity index is 484. The first-order chi connectivity index (χ1) is 10.1. The van der Waals surface area contributed by atoms with Gasteiger partial charge in [-0.1, -0.05) is 19.3 Å². The second-order valence-electron chi connectivity index (χ2n) is 5.14. The fraction of sp³-hybridized carbons (Fsp3) is 0.467. The van der Waals surface area contributed by atoms with Crippen molar-refractivity contribution in [3.63, 3.8) is 0 Å². The van der Waals surface area contributed by atoms with Gasteiger partial charge in [-0.3, -0.25) is 0 Å². The maximum Gasteiger partial charge on any atom is 0.341 e. The van der Waals surface area contributed by atoms with Crippen LogP contribution in [0.25, 0.3) is 0 Å². The van der Waals surface area contributed by atoms with E-state index in [0.717, 1.165) is 5.69 Å². The number of benzene rings is 1. The summed E-state index contributed by atoms with van der Waals surface area (Å²) in [6.07, 6.45) is 6.18. The molecular weight excluding hydrogens is 288 g/mol. The Balaban J connectivity index is 1.79. The Morgan fingerprint density at radius 2 is 1.90 bits per heavy atom. The molecule has 0 aromatic heterocycles. The molecule has 1 aliphatic carbocycles. The van der Waals surface area contributed by atoms with Gasteiger partial charge in [0.05, 0.1) is 0 Å². The monoisotopic (exact) mass is 308 g/mol. The van der Waals surface area contributed by atoms with Crippen molar-refractivity contribution in [2.75, 3.05) is 11.9 Å². The molecule has 1 aromatic rings. The van der Waals surface area contributed by atoms with E-state index in [0.29, 0.717) is 16.9 Å². The van der Waals surface area contributed by atoms with Crippen LogP contribution in [-0.4, -0.2) is 28.8 Å². The lowest BCUT2D eigenvalue weighted by Crippen LogP contribution is -2.38. The Hall–Kier alpha value is -1.82. The summed E-state index contributed by atoms with van der Waals surface area (Å²) in [5.74, 6) is -0.468. The molecule has 3 N–H and O–H groups in total. The highest BCUT2D eigenvalue weighted by Crippen LogP contribution is 2.18. The Morgan fingerprint density at radius 3 is 2.52 bits per heavy atom. The second kappa shape index (κ2) is 7.83. The molecule has 1 aliphatic rings. The lowest BCUT2D eigenvalue weighted by atomic mass is 9.96. The molecular formula is C15H20N2O3S. The minimum absolute atomic E-state index is 0.339. The number of anilines is 1. The first kappa shape index (κ1) is 15.6. The van der Waals surface area contributed by atoms with Crippen molar-refractivity contribution < 1.29 is 14.6 Å². The third-order valence-electron chi connectivity index (χ3n) is 3.41. The molecule has 1 saturated carbocycles. The highest BCUT2D eigenvalue weighted by atomic mass is 32.1. The molecule has 0 atom stereocenters. The summed E-state index contributed by atoms with van der Waals surface area (Å²) >= 11 is 5.30. The smallest absolute Gasteiger partial charge is 0.341 e. The van der Waals surface area contributed by atoms with Gasteiger partial charge in [0, 0.05) is 11.7 Å². The van der Waals surface area contributed by atoms with E-state index < -0.39 is 5.97 Å². The summed E-state index contributed by atoms with van der Waals surface area (Å²) < 4.78 is 5.07. The zero-order valence-electron chi connectivity index (χ0n) is 11.8. The van der Waals surface area contributed by atoms with E-state index in [4.69, 9.17) is 22.1 Å². The van der Waals surface area contributed by atoms with Gasteiger partial charge in [-0.05, 0) is 49.3 Å². The topological polar surface area (TPSA) is 70.6 Å². The van der Waals surface area contributed by atoms with Gasteiger partial charge in [-0.15, -0.1) is 0 Å². The number of carboxylic acid groups (broad SMARTS) is 1. The van der Waals surface area contributed by atoms with Crippen LogP contribution in [0.1, 0.15) is 32.1 Å². The Labute approximate surface area is 129 Å². The number of ether oxygens (including phenoxy) is 1. The normalized spacial score (nSPS) is 15.2. The minimum Gasteiger partial charge on any atom is -0.482 e. The molecule has 0 bridgehead atoms. The van der Waals surface area contributed by atoms with Crippen LogP contribution in [0.4, 0.5) is 5.69 Å². The zero-order valence-corrected chi connectivity index (χ0v) is 12.6. The molecule has 0 radical (unpaired) electrons. The fourth-order valence-corrected chi connectivity index (χ4v) is 2.66. The number of aliphatic carboxylic acids is 1. The van der Waals surface area contributed by atoms with E-state index in [-0.39, 0.29) is 6.61 Å². The van der Waals surface area contributed by atoms with Crippen molar-refractivity contribution in [3.05, 3.63) is 24.3 Å². The average molecular weight is 308 g/mol. The quantitative estimate of drug-likeness (QED) is 0.727. The minimum atomic E-state index is -0.991. The Morgan fingerprint density at radius 1 is 1.24 bits per heavy atom. The van der Waals surface area contributed by atoms with Crippen LogP contribution in [0.2, 0.25) is 0 Å². The van der Waals surface area contributed by atoms with Crippen LogP contribution >= 0.6 is 12.2 Å². The van der Waals surface area contributed by atoms with Crippen molar-refractivity contribution >= 4 is 29.0 Å². The second-order valence-corrected chi connectivity index (χ2v) is 5.55. The SMILES string of the molecule is O=C(O)COc1ccc(NC(=S)NC2CCCCC2)cc1. The van der Waals surface area contributed by atoms with E-state index in [1.807, 2.05) is 12.1 Å². The Kier molecular flexibility index (Phi) is 5.80. The molecule has 0 saturated heterocycles. The molecule has 0 unspecified atom stereocenters. The largest absolute Gasteiger partial charge is 0.482 e. The summed E-state index contributed by atoms with van der Waals surface area (Å²) in [5.41, 5.74) is 0.853. The maximum absolute atomic E-state index is 10.4. The van der Waals surface area contributed by atoms with E-state index >= 15 is 0 Å². The molecule has 114 valence electrons. The molecule has 0 spiro atoms. The van der Waals surface area contributed by atoms with E-state index in [9.17, 15) is 4.79 Å². The van der Waals surface area contributed by atoms with Gasteiger partial charge in [0.15, 0.2) is 11.7 Å². The van der Waals surface area contributed by atoms with E-state index in [1.54, 1.807) is 12.1 Å². The molecule has 2 rings (SSSR count). The fourth-order valence-electron chi connectivity index (χ4n) is 2.38. The lowest BCUT2D eigenvalue weighted by Gasteiger charge is -2.24. The van der Waals surface area contributed by atoms with Gasteiger partial charge >= 0.3 is 5.97 Å². The van der Waals surface area contributed by atoms with Gasteiger partial charge in [-0.25, -0.2) is 4.79 Å². The van der Waals surface area contributed by atoms with Crippen LogP contribution in [0.15, 0.2) is 24.3 Å². The van der Waals surface area contributed by atoms with Gasteiger partial charge < -0.3 is 20.5 Å². The number of hydrogen-bond donors (Lipinski definition) is 3. The number of carbonyl (C=O) groups is 1. The highest BCUT2D eigenvalue weighted by Gasteiger charge is 2.13. The van der Waals surface area contributed by atoms with Crippen molar-refractivity contribution in [1.29, 1.82) is 0 Å². The lowest BCUT2D eigenvalue weighted by molar-refractivity contribution is -0.139. The van der Waals surface area contributed by atoms with Crippen molar-refractivity contribution in [3.8, 4) is 5.75 Å². The van der Waals surface area contributed by atoms with Crippen LogP contribution in [0.5, 0.6) is 5.75 Å². The molecule has 5 nitrogen and oxygen atoms in total. The first-order valence-electron chi connectivity index (χ1n) is 7.15. The average Bonchev–Trinajstić information content (AvgIpc) is 2.47. The number of rotatable bonds is 5. The standard InChI is InChI=1S/C15H20N2O3S/c18-14(19)10-20-13-8-6-12(7-9-13)17-15(21)16-11-4-2-1-3-5-11/h6-9,11H,1-5,10H2,(H,18,19)(H2,16,17,21). The molecule has 0 heterocycles. The van der Waals surface area contributed by atoms with Crippen LogP contribution < -0.4 is 15.4 Å². The van der Waals surface area contributed by atoms with Gasteiger partial charge in [0.1, 0.15) is 5.75 Å². The van der Waals surface area contributed by atoms with Crippen LogP contribution in [-0.2, 0) is 4.79 Å². The zero-order chi connectivity index (χ0) is 15.1. The number of carboxylic acids is 1. The number of nitrogens with one attached hydrogen (secondary N) is 2. The highest BCUT2D eigenvalue weighted by molar-refractivity contribution is 7.80. The summed E-state index contributed by atoms with van der Waals surface area (Å²) in [7, 11) is 0. The first-order valence-corrected chi connectivity index (χ1v) is 7.56. The van der Waals surface area contributed by atoms with Gasteiger partial charge in [-0.2, -0.15) is 0 Å². The van der Waals surface area contributed by atoms with Crippen LogP contribution in [0, 0.1) is 0 Å². The molecule has 1 fully saturated rings. The predicted octanol–water partition coefficient (Wildman–Crippen LogP) is 2.77. The third-order valence-corrected chi connectivity index (χ3v) is 3.63. The van der Waals surface area contributed by atoms with Crippen LogP contribution in [0.3, 0.4) is 0 Å². The molecule has 6 heteroatoms. The number of hydrogen-bond acceptors (Lipinski definition) is 3. The summed E-state index contributed by atoms with van der Waals surface area (Å²) in [4.78, 5) is 10.4. The van der Waals surface area contributed by atoms with Crippen molar-refractivity contribution in [1.82, 2.24) is 5.32 Å². The van der Waals surface area contributed by atoms with Gasteiger partial charge in [0.2, 0.25) is 0 Å². The molecule has 0 aliphatic heterocycles. The third kappa shape index (κ3) is 5.59. The van der Waals surface area contributed by atoms with Crippen molar-refractivity contribution in [2.24, 2.45) is 0 Å².